The third kappa shape index (κ3) is 1.80. The first kappa shape index (κ1) is 11.2. The lowest BCUT2D eigenvalue weighted by Crippen LogP contribution is -2.57. The normalized spacial score (nSPS) is 28.5. The van der Waals surface area contributed by atoms with E-state index in [1.165, 1.54) is 13.1 Å². The number of halogens is 1. The molecule has 1 aliphatic rings. The van der Waals surface area contributed by atoms with Gasteiger partial charge >= 0.3 is 6.03 Å². The number of amides is 3. The number of alkyl halides is 1. The summed E-state index contributed by atoms with van der Waals surface area (Å²) in [5.74, 6) is -0.424. The summed E-state index contributed by atoms with van der Waals surface area (Å²) in [4.78, 5) is 26.6. The third-order valence-corrected chi connectivity index (χ3v) is 2.16. The van der Waals surface area contributed by atoms with E-state index in [1.54, 1.807) is 20.8 Å². The first-order valence-electron chi connectivity index (χ1n) is 4.29. The van der Waals surface area contributed by atoms with Crippen LogP contribution in [0.4, 0.5) is 4.79 Å². The molecular formula is C9H13ClN2O2. The lowest BCUT2D eigenvalue weighted by atomic mass is 10.0. The standard InChI is InChI=1S/C9H13ClN2O2/c1-8(2,3)12-6(13)9(4,10)5-11-7(12)14/h5H,1-4H3. The van der Waals surface area contributed by atoms with E-state index in [0.29, 0.717) is 0 Å². The minimum absolute atomic E-state index is 0.424. The van der Waals surface area contributed by atoms with Crippen LogP contribution < -0.4 is 0 Å². The van der Waals surface area contributed by atoms with Crippen molar-refractivity contribution in [1.29, 1.82) is 0 Å². The van der Waals surface area contributed by atoms with Crippen LogP contribution in [0.1, 0.15) is 27.7 Å². The first-order chi connectivity index (χ1) is 6.16. The van der Waals surface area contributed by atoms with Crippen molar-refractivity contribution in [2.75, 3.05) is 0 Å². The third-order valence-electron chi connectivity index (χ3n) is 1.90. The second-order valence-electron chi connectivity index (χ2n) is 4.43. The molecule has 0 bridgehead atoms. The van der Waals surface area contributed by atoms with E-state index in [2.05, 4.69) is 4.99 Å². The fraction of sp³-hybridized carbons (Fsp3) is 0.667. The fourth-order valence-corrected chi connectivity index (χ4v) is 1.32. The van der Waals surface area contributed by atoms with Crippen LogP contribution in [0.2, 0.25) is 0 Å². The number of urea groups is 1. The topological polar surface area (TPSA) is 49.7 Å². The molecule has 1 rings (SSSR count). The Kier molecular flexibility index (Phi) is 2.44. The van der Waals surface area contributed by atoms with Gasteiger partial charge in [0.25, 0.3) is 5.91 Å². The lowest BCUT2D eigenvalue weighted by Gasteiger charge is -2.37. The van der Waals surface area contributed by atoms with Gasteiger partial charge in [-0.15, -0.1) is 11.6 Å². The number of aliphatic imine (C=N–C) groups is 1. The molecule has 0 spiro atoms. The monoisotopic (exact) mass is 216 g/mol. The number of nitrogens with zero attached hydrogens (tertiary/aromatic N) is 2. The van der Waals surface area contributed by atoms with Crippen molar-refractivity contribution in [2.24, 2.45) is 4.99 Å². The molecule has 4 nitrogen and oxygen atoms in total. The highest BCUT2D eigenvalue weighted by molar-refractivity contribution is 6.45. The molecule has 1 unspecified atom stereocenters. The molecule has 1 heterocycles. The van der Waals surface area contributed by atoms with Crippen molar-refractivity contribution in [1.82, 2.24) is 4.90 Å². The average Bonchev–Trinajstić information content (AvgIpc) is 1.96. The smallest absolute Gasteiger partial charge is 0.272 e. The van der Waals surface area contributed by atoms with Crippen LogP contribution in [0.25, 0.3) is 0 Å². The Labute approximate surface area is 87.9 Å². The number of carbonyl (C=O) groups is 2. The molecule has 0 aromatic carbocycles. The van der Waals surface area contributed by atoms with Gasteiger partial charge in [0.05, 0.1) is 0 Å². The number of imide groups is 1. The Balaban J connectivity index is 3.15. The van der Waals surface area contributed by atoms with E-state index in [9.17, 15) is 9.59 Å². The van der Waals surface area contributed by atoms with E-state index >= 15 is 0 Å². The van der Waals surface area contributed by atoms with Crippen LogP contribution in [0.5, 0.6) is 0 Å². The summed E-state index contributed by atoms with van der Waals surface area (Å²) in [7, 11) is 0. The Morgan fingerprint density at radius 2 is 1.93 bits per heavy atom. The molecule has 0 aromatic rings. The minimum Gasteiger partial charge on any atom is -0.272 e. The Morgan fingerprint density at radius 3 is 2.29 bits per heavy atom. The highest BCUT2D eigenvalue weighted by Crippen LogP contribution is 2.26. The van der Waals surface area contributed by atoms with Crippen molar-refractivity contribution >= 4 is 29.8 Å². The van der Waals surface area contributed by atoms with Gasteiger partial charge in [0, 0.05) is 11.8 Å². The quantitative estimate of drug-likeness (QED) is 0.580. The zero-order valence-electron chi connectivity index (χ0n) is 8.67. The van der Waals surface area contributed by atoms with Gasteiger partial charge in [0.1, 0.15) is 0 Å². The predicted molar refractivity (Wildman–Crippen MR) is 54.7 cm³/mol. The van der Waals surface area contributed by atoms with Crippen LogP contribution in [-0.2, 0) is 4.79 Å². The summed E-state index contributed by atoms with van der Waals surface area (Å²) in [5, 5.41) is 0. The van der Waals surface area contributed by atoms with Crippen molar-refractivity contribution in [3.05, 3.63) is 0 Å². The van der Waals surface area contributed by atoms with E-state index in [1.807, 2.05) is 0 Å². The molecule has 14 heavy (non-hydrogen) atoms. The summed E-state index contributed by atoms with van der Waals surface area (Å²) >= 11 is 5.90. The largest absolute Gasteiger partial charge is 0.350 e. The fourth-order valence-electron chi connectivity index (χ4n) is 1.19. The molecule has 0 radical (unpaired) electrons. The van der Waals surface area contributed by atoms with Crippen molar-refractivity contribution < 1.29 is 9.59 Å². The van der Waals surface area contributed by atoms with Gasteiger partial charge < -0.3 is 0 Å². The minimum atomic E-state index is -1.21. The Morgan fingerprint density at radius 1 is 1.43 bits per heavy atom. The SMILES string of the molecule is CC1(Cl)C=NC(=O)N(C(C)(C)C)C1=O. The van der Waals surface area contributed by atoms with Crippen molar-refractivity contribution in [3.63, 3.8) is 0 Å². The molecule has 78 valence electrons. The summed E-state index contributed by atoms with van der Waals surface area (Å²) in [6, 6.07) is -0.555. The number of hydrogen-bond donors (Lipinski definition) is 0. The van der Waals surface area contributed by atoms with Gasteiger partial charge in [-0.25, -0.2) is 9.79 Å². The molecule has 0 saturated heterocycles. The number of rotatable bonds is 0. The molecule has 1 aliphatic heterocycles. The zero-order chi connectivity index (χ0) is 11.1. The molecule has 3 amide bonds. The highest BCUT2D eigenvalue weighted by Gasteiger charge is 2.44. The van der Waals surface area contributed by atoms with Gasteiger partial charge in [-0.05, 0) is 27.7 Å². The van der Waals surface area contributed by atoms with E-state index < -0.39 is 22.4 Å². The lowest BCUT2D eigenvalue weighted by molar-refractivity contribution is -0.132. The van der Waals surface area contributed by atoms with Gasteiger partial charge in [-0.1, -0.05) is 0 Å². The second-order valence-corrected chi connectivity index (χ2v) is 5.21. The molecule has 0 aromatic heterocycles. The Hall–Kier alpha value is -0.900. The second kappa shape index (κ2) is 3.05. The average molecular weight is 217 g/mol. The molecule has 0 fully saturated rings. The van der Waals surface area contributed by atoms with Crippen LogP contribution in [0.3, 0.4) is 0 Å². The van der Waals surface area contributed by atoms with E-state index in [4.69, 9.17) is 11.6 Å². The molecule has 5 heteroatoms. The predicted octanol–water partition coefficient (Wildman–Crippen LogP) is 1.82. The van der Waals surface area contributed by atoms with Gasteiger partial charge in [0.2, 0.25) is 0 Å². The van der Waals surface area contributed by atoms with Crippen molar-refractivity contribution in [2.45, 2.75) is 38.1 Å². The molecule has 0 saturated carbocycles. The summed E-state index contributed by atoms with van der Waals surface area (Å²) in [6.07, 6.45) is 1.18. The van der Waals surface area contributed by atoms with E-state index in [0.717, 1.165) is 4.90 Å². The van der Waals surface area contributed by atoms with Gasteiger partial charge in [0.15, 0.2) is 4.87 Å². The van der Waals surface area contributed by atoms with E-state index in [-0.39, 0.29) is 0 Å². The summed E-state index contributed by atoms with van der Waals surface area (Å²) < 4.78 is 0. The maximum atomic E-state index is 11.8. The molecule has 1 atom stereocenters. The molecule has 0 N–H and O–H groups in total. The van der Waals surface area contributed by atoms with Crippen LogP contribution in [0, 0.1) is 0 Å². The molecular weight excluding hydrogens is 204 g/mol. The van der Waals surface area contributed by atoms with Gasteiger partial charge in [-0.3, -0.25) is 9.69 Å². The summed E-state index contributed by atoms with van der Waals surface area (Å²) in [6.45, 7) is 6.80. The van der Waals surface area contributed by atoms with Crippen molar-refractivity contribution in [3.8, 4) is 0 Å². The van der Waals surface area contributed by atoms with Crippen LogP contribution in [-0.4, -0.2) is 33.5 Å². The van der Waals surface area contributed by atoms with Gasteiger partial charge in [-0.2, -0.15) is 0 Å². The first-order valence-corrected chi connectivity index (χ1v) is 4.67. The van der Waals surface area contributed by atoms with Crippen LogP contribution in [0.15, 0.2) is 4.99 Å². The maximum absolute atomic E-state index is 11.8. The zero-order valence-corrected chi connectivity index (χ0v) is 9.42. The maximum Gasteiger partial charge on any atom is 0.350 e. The van der Waals surface area contributed by atoms with Crippen LogP contribution >= 0.6 is 11.6 Å². The Bertz CT molecular complexity index is 315. The molecule has 0 aliphatic carbocycles. The highest BCUT2D eigenvalue weighted by atomic mass is 35.5. The summed E-state index contributed by atoms with van der Waals surface area (Å²) in [5.41, 5.74) is -0.595. The number of hydrogen-bond acceptors (Lipinski definition) is 2. The number of carbonyl (C=O) groups excluding carboxylic acids is 2.